The van der Waals surface area contributed by atoms with Crippen LogP contribution in [0.25, 0.3) is 39.0 Å². The predicted octanol–water partition coefficient (Wildman–Crippen LogP) is 6.80. The van der Waals surface area contributed by atoms with Crippen molar-refractivity contribution in [2.45, 2.75) is 0 Å². The van der Waals surface area contributed by atoms with E-state index in [4.69, 9.17) is 21.5 Å². The summed E-state index contributed by atoms with van der Waals surface area (Å²) in [7, 11) is -2.73. The Morgan fingerprint density at radius 2 is 0.756 bits per heavy atom. The SMILES string of the molecule is [C-]#[N+]c1ccc(-c2nc(-c3ccccc3)nc(-c3cccc([Si](c4ccccc4)(c4ccccc4)c4ccccc4)c3)n2)cc1. The highest BCUT2D eigenvalue weighted by Crippen LogP contribution is 2.26. The third-order valence-corrected chi connectivity index (χ3v) is 12.9. The summed E-state index contributed by atoms with van der Waals surface area (Å²) in [4.78, 5) is 18.5. The van der Waals surface area contributed by atoms with Crippen molar-refractivity contribution in [2.75, 3.05) is 0 Å². The largest absolute Gasteiger partial charge is 0.238 e. The van der Waals surface area contributed by atoms with E-state index in [0.29, 0.717) is 23.2 Å². The zero-order valence-corrected chi connectivity index (χ0v) is 25.5. The second-order valence-electron chi connectivity index (χ2n) is 10.8. The number of benzene rings is 6. The Morgan fingerprint density at radius 1 is 0.378 bits per heavy atom. The lowest BCUT2D eigenvalue weighted by Gasteiger charge is -2.34. The highest BCUT2D eigenvalue weighted by molar-refractivity contribution is 7.19. The predicted molar refractivity (Wildman–Crippen MR) is 186 cm³/mol. The Kier molecular flexibility index (Phi) is 7.63. The minimum atomic E-state index is -2.73. The van der Waals surface area contributed by atoms with Gasteiger partial charge in [-0.3, -0.25) is 0 Å². The smallest absolute Gasteiger partial charge is 0.187 e. The summed E-state index contributed by atoms with van der Waals surface area (Å²) in [5, 5.41) is 5.16. The van der Waals surface area contributed by atoms with Gasteiger partial charge in [0.2, 0.25) is 0 Å². The van der Waals surface area contributed by atoms with E-state index < -0.39 is 8.07 Å². The summed E-state index contributed by atoms with van der Waals surface area (Å²) in [6.07, 6.45) is 0. The third kappa shape index (κ3) is 5.36. The lowest BCUT2D eigenvalue weighted by atomic mass is 10.1. The van der Waals surface area contributed by atoms with Gasteiger partial charge in [-0.1, -0.05) is 170 Å². The van der Waals surface area contributed by atoms with Crippen molar-refractivity contribution in [3.63, 3.8) is 0 Å². The van der Waals surface area contributed by atoms with Gasteiger partial charge in [-0.05, 0) is 20.7 Å². The molecule has 0 N–H and O–H groups in total. The van der Waals surface area contributed by atoms with Gasteiger partial charge in [-0.15, -0.1) is 0 Å². The molecule has 1 heterocycles. The van der Waals surface area contributed by atoms with E-state index in [1.54, 1.807) is 12.1 Å². The summed E-state index contributed by atoms with van der Waals surface area (Å²) in [6.45, 7) is 7.36. The van der Waals surface area contributed by atoms with Gasteiger partial charge in [0, 0.05) is 16.7 Å². The molecule has 0 bridgehead atoms. The topological polar surface area (TPSA) is 43.0 Å². The summed E-state index contributed by atoms with van der Waals surface area (Å²) >= 11 is 0. The number of hydrogen-bond donors (Lipinski definition) is 0. The molecule has 0 amide bonds. The molecule has 7 rings (SSSR count). The first kappa shape index (κ1) is 27.8. The molecule has 0 fully saturated rings. The van der Waals surface area contributed by atoms with Crippen LogP contribution in [0.15, 0.2) is 170 Å². The monoisotopic (exact) mass is 592 g/mol. The summed E-state index contributed by atoms with van der Waals surface area (Å²) in [6, 6.07) is 58.8. The molecule has 212 valence electrons. The molecule has 0 radical (unpaired) electrons. The molecule has 5 heteroatoms. The van der Waals surface area contributed by atoms with E-state index >= 15 is 0 Å². The average Bonchev–Trinajstić information content (AvgIpc) is 3.14. The minimum Gasteiger partial charge on any atom is -0.238 e. The molecular formula is C40H28N4Si. The maximum absolute atomic E-state index is 7.36. The first-order valence-corrected chi connectivity index (χ1v) is 16.8. The Morgan fingerprint density at radius 3 is 1.22 bits per heavy atom. The van der Waals surface area contributed by atoms with Gasteiger partial charge in [0.15, 0.2) is 31.2 Å². The fourth-order valence-corrected chi connectivity index (χ4v) is 10.8. The molecule has 0 aliphatic carbocycles. The van der Waals surface area contributed by atoms with Gasteiger partial charge in [0.05, 0.1) is 6.57 Å². The zero-order chi connectivity index (χ0) is 30.5. The number of rotatable bonds is 7. The number of aromatic nitrogens is 3. The van der Waals surface area contributed by atoms with Crippen LogP contribution in [0, 0.1) is 6.57 Å². The van der Waals surface area contributed by atoms with Crippen molar-refractivity contribution < 1.29 is 0 Å². The van der Waals surface area contributed by atoms with E-state index in [-0.39, 0.29) is 0 Å². The Hall–Kier alpha value is -5.96. The highest BCUT2D eigenvalue weighted by Gasteiger charge is 2.41. The van der Waals surface area contributed by atoms with Gasteiger partial charge in [0.25, 0.3) is 0 Å². The van der Waals surface area contributed by atoms with Crippen LogP contribution < -0.4 is 20.7 Å². The molecule has 1 aromatic heterocycles. The van der Waals surface area contributed by atoms with E-state index in [9.17, 15) is 0 Å². The maximum atomic E-state index is 7.36. The van der Waals surface area contributed by atoms with Gasteiger partial charge < -0.3 is 0 Å². The van der Waals surface area contributed by atoms with Crippen LogP contribution in [-0.4, -0.2) is 23.0 Å². The van der Waals surface area contributed by atoms with E-state index in [2.05, 4.69) is 120 Å². The van der Waals surface area contributed by atoms with Gasteiger partial charge in [-0.25, -0.2) is 19.8 Å². The Bertz CT molecular complexity index is 2000. The van der Waals surface area contributed by atoms with Crippen molar-refractivity contribution in [1.82, 2.24) is 15.0 Å². The lowest BCUT2D eigenvalue weighted by molar-refractivity contribution is 1.07. The Balaban J connectivity index is 1.47. The van der Waals surface area contributed by atoms with E-state index in [1.165, 1.54) is 20.7 Å². The summed E-state index contributed by atoms with van der Waals surface area (Å²) < 4.78 is 0. The molecule has 0 atom stereocenters. The van der Waals surface area contributed by atoms with Crippen molar-refractivity contribution in [2.24, 2.45) is 0 Å². The Labute approximate surface area is 264 Å². The average molecular weight is 593 g/mol. The lowest BCUT2D eigenvalue weighted by Crippen LogP contribution is -2.74. The molecule has 4 nitrogen and oxygen atoms in total. The third-order valence-electron chi connectivity index (χ3n) is 8.10. The van der Waals surface area contributed by atoms with Gasteiger partial charge >= 0.3 is 0 Å². The van der Waals surface area contributed by atoms with Crippen molar-refractivity contribution in [3.8, 4) is 34.2 Å². The first-order valence-electron chi connectivity index (χ1n) is 14.8. The molecule has 0 saturated heterocycles. The molecule has 0 unspecified atom stereocenters. The summed E-state index contributed by atoms with van der Waals surface area (Å²) in [5.74, 6) is 1.78. The summed E-state index contributed by atoms with van der Waals surface area (Å²) in [5.41, 5.74) is 3.25. The minimum absolute atomic E-state index is 0.568. The van der Waals surface area contributed by atoms with Crippen LogP contribution in [0.3, 0.4) is 0 Å². The van der Waals surface area contributed by atoms with Crippen LogP contribution in [0.1, 0.15) is 0 Å². The first-order chi connectivity index (χ1) is 22.3. The number of hydrogen-bond acceptors (Lipinski definition) is 3. The van der Waals surface area contributed by atoms with Crippen molar-refractivity contribution in [1.29, 1.82) is 0 Å². The molecule has 0 aliphatic heterocycles. The van der Waals surface area contributed by atoms with Crippen LogP contribution in [0.2, 0.25) is 0 Å². The standard InChI is InChI=1S/C40H28N4Si/c1-41-33-27-25-31(26-28-33)39-42-38(30-15-6-2-7-16-30)43-40(44-39)32-17-14-24-37(29-32)45(34-18-8-3-9-19-34,35-20-10-4-11-21-35)36-22-12-5-13-23-36/h2-29H. The molecule has 45 heavy (non-hydrogen) atoms. The van der Waals surface area contributed by atoms with E-state index in [0.717, 1.165) is 16.7 Å². The van der Waals surface area contributed by atoms with Gasteiger partial charge in [-0.2, -0.15) is 0 Å². The molecule has 0 saturated carbocycles. The van der Waals surface area contributed by atoms with Crippen LogP contribution in [0.4, 0.5) is 5.69 Å². The fourth-order valence-electron chi connectivity index (χ4n) is 5.99. The fraction of sp³-hybridized carbons (Fsp3) is 0. The van der Waals surface area contributed by atoms with Crippen LogP contribution >= 0.6 is 0 Å². The second kappa shape index (κ2) is 12.3. The number of nitrogens with zero attached hydrogens (tertiary/aromatic N) is 4. The molecule has 7 aromatic rings. The molecule has 0 spiro atoms. The highest BCUT2D eigenvalue weighted by atomic mass is 28.3. The van der Waals surface area contributed by atoms with Crippen LogP contribution in [0.5, 0.6) is 0 Å². The van der Waals surface area contributed by atoms with E-state index in [1.807, 2.05) is 42.5 Å². The van der Waals surface area contributed by atoms with Gasteiger partial charge in [0.1, 0.15) is 0 Å². The quantitative estimate of drug-likeness (QED) is 0.116. The normalized spacial score (nSPS) is 11.1. The maximum Gasteiger partial charge on any atom is 0.187 e. The van der Waals surface area contributed by atoms with Crippen molar-refractivity contribution in [3.05, 3.63) is 181 Å². The van der Waals surface area contributed by atoms with Crippen molar-refractivity contribution >= 4 is 34.5 Å². The zero-order valence-electron chi connectivity index (χ0n) is 24.5. The van der Waals surface area contributed by atoms with Crippen LogP contribution in [-0.2, 0) is 0 Å². The molecular weight excluding hydrogens is 565 g/mol. The second-order valence-corrected chi connectivity index (χ2v) is 14.6. The molecule has 6 aromatic carbocycles. The molecule has 0 aliphatic rings.